The second kappa shape index (κ2) is 4.27. The second-order valence-corrected chi connectivity index (χ2v) is 5.93. The van der Waals surface area contributed by atoms with Gasteiger partial charge in [0.1, 0.15) is 9.84 Å². The average molecular weight is 220 g/mol. The third-order valence-electron chi connectivity index (χ3n) is 2.21. The lowest BCUT2D eigenvalue weighted by atomic mass is 10.3. The van der Waals surface area contributed by atoms with Crippen molar-refractivity contribution in [1.82, 2.24) is 10.2 Å². The maximum atomic E-state index is 11.4. The molecular formula is C8H16N2O3S. The minimum atomic E-state index is -2.91. The van der Waals surface area contributed by atoms with E-state index in [-0.39, 0.29) is 17.7 Å². The van der Waals surface area contributed by atoms with Crippen LogP contribution in [0.4, 0.5) is 0 Å². The number of hydrogen-bond acceptors (Lipinski definition) is 4. The number of amides is 1. The topological polar surface area (TPSA) is 66.5 Å². The Morgan fingerprint density at radius 1 is 1.57 bits per heavy atom. The number of hydrogen-bond donors (Lipinski definition) is 1. The molecular weight excluding hydrogens is 204 g/mol. The molecule has 82 valence electrons. The standard InChI is InChI=1S/C8H16N2O3S/c1-7-8(11)10(6-9-7)4-3-5-14(2,12)13/h7,9H,3-6H2,1-2H3. The number of carbonyl (C=O) groups excluding carboxylic acids is 1. The summed E-state index contributed by atoms with van der Waals surface area (Å²) in [5.74, 6) is 0.198. The van der Waals surface area contributed by atoms with Gasteiger partial charge in [0.15, 0.2) is 0 Å². The predicted molar refractivity (Wildman–Crippen MR) is 53.5 cm³/mol. The fraction of sp³-hybridized carbons (Fsp3) is 0.875. The molecule has 0 aromatic carbocycles. The van der Waals surface area contributed by atoms with Crippen molar-refractivity contribution in [3.63, 3.8) is 0 Å². The van der Waals surface area contributed by atoms with Gasteiger partial charge in [0.25, 0.3) is 0 Å². The molecule has 0 bridgehead atoms. The second-order valence-electron chi connectivity index (χ2n) is 3.67. The maximum absolute atomic E-state index is 11.4. The summed E-state index contributed by atoms with van der Waals surface area (Å²) in [6.07, 6.45) is 1.72. The number of nitrogens with zero attached hydrogens (tertiary/aromatic N) is 1. The van der Waals surface area contributed by atoms with Crippen LogP contribution in [0.25, 0.3) is 0 Å². The molecule has 14 heavy (non-hydrogen) atoms. The molecule has 1 aliphatic rings. The molecule has 1 atom stereocenters. The van der Waals surface area contributed by atoms with Crippen molar-refractivity contribution in [1.29, 1.82) is 0 Å². The summed E-state index contributed by atoms with van der Waals surface area (Å²) in [4.78, 5) is 13.0. The Balaban J connectivity index is 2.30. The monoisotopic (exact) mass is 220 g/mol. The van der Waals surface area contributed by atoms with Gasteiger partial charge in [0, 0.05) is 12.8 Å². The Hall–Kier alpha value is -0.620. The van der Waals surface area contributed by atoms with Gasteiger partial charge in [0.05, 0.1) is 18.5 Å². The van der Waals surface area contributed by atoms with E-state index in [1.807, 2.05) is 0 Å². The van der Waals surface area contributed by atoms with Crippen LogP contribution in [0.15, 0.2) is 0 Å². The minimum absolute atomic E-state index is 0.0542. The molecule has 0 spiro atoms. The Labute approximate surface area is 84.4 Å². The van der Waals surface area contributed by atoms with E-state index in [9.17, 15) is 13.2 Å². The van der Waals surface area contributed by atoms with Crippen molar-refractivity contribution in [2.24, 2.45) is 0 Å². The number of sulfone groups is 1. The molecule has 1 rings (SSSR count). The van der Waals surface area contributed by atoms with Crippen molar-refractivity contribution >= 4 is 15.7 Å². The molecule has 1 fully saturated rings. The van der Waals surface area contributed by atoms with Crippen LogP contribution in [0.3, 0.4) is 0 Å². The first kappa shape index (κ1) is 11.5. The molecule has 0 aromatic rings. The maximum Gasteiger partial charge on any atom is 0.240 e. The third-order valence-corrected chi connectivity index (χ3v) is 3.24. The molecule has 1 saturated heterocycles. The van der Waals surface area contributed by atoms with Crippen LogP contribution in [-0.4, -0.2) is 50.5 Å². The summed E-state index contributed by atoms with van der Waals surface area (Å²) < 4.78 is 21.7. The lowest BCUT2D eigenvalue weighted by Gasteiger charge is -2.13. The summed E-state index contributed by atoms with van der Waals surface area (Å²) in [7, 11) is -2.91. The van der Waals surface area contributed by atoms with Crippen molar-refractivity contribution in [2.45, 2.75) is 19.4 Å². The summed E-state index contributed by atoms with van der Waals surface area (Å²) in [5.41, 5.74) is 0. The fourth-order valence-electron chi connectivity index (χ4n) is 1.39. The van der Waals surface area contributed by atoms with E-state index >= 15 is 0 Å². The minimum Gasteiger partial charge on any atom is -0.329 e. The van der Waals surface area contributed by atoms with Crippen LogP contribution in [-0.2, 0) is 14.6 Å². The molecule has 1 amide bonds. The SMILES string of the molecule is CC1NCN(CCCS(C)(=O)=O)C1=O. The molecule has 0 saturated carbocycles. The number of nitrogens with one attached hydrogen (secondary N) is 1. The van der Waals surface area contributed by atoms with E-state index < -0.39 is 9.84 Å². The Morgan fingerprint density at radius 3 is 2.64 bits per heavy atom. The van der Waals surface area contributed by atoms with E-state index in [0.29, 0.717) is 19.6 Å². The predicted octanol–water partition coefficient (Wildman–Crippen LogP) is -0.801. The molecule has 0 aromatic heterocycles. The summed E-state index contributed by atoms with van der Waals surface area (Å²) >= 11 is 0. The van der Waals surface area contributed by atoms with Crippen LogP contribution in [0.2, 0.25) is 0 Å². The van der Waals surface area contributed by atoms with Crippen molar-refractivity contribution in [3.05, 3.63) is 0 Å². The molecule has 1 unspecified atom stereocenters. The highest BCUT2D eigenvalue weighted by molar-refractivity contribution is 7.90. The average Bonchev–Trinajstić information content (AvgIpc) is 2.33. The zero-order valence-electron chi connectivity index (χ0n) is 8.49. The summed E-state index contributed by atoms with van der Waals surface area (Å²) in [5, 5.41) is 2.99. The van der Waals surface area contributed by atoms with Gasteiger partial charge in [-0.15, -0.1) is 0 Å². The van der Waals surface area contributed by atoms with Gasteiger partial charge in [-0.25, -0.2) is 8.42 Å². The lowest BCUT2D eigenvalue weighted by Crippen LogP contribution is -2.30. The Bertz CT molecular complexity index is 313. The van der Waals surface area contributed by atoms with Crippen LogP contribution < -0.4 is 5.32 Å². The van der Waals surface area contributed by atoms with E-state index in [4.69, 9.17) is 0 Å². The van der Waals surface area contributed by atoms with E-state index in [1.54, 1.807) is 11.8 Å². The van der Waals surface area contributed by atoms with Gasteiger partial charge in [-0.1, -0.05) is 0 Å². The quantitative estimate of drug-likeness (QED) is 0.673. The van der Waals surface area contributed by atoms with Crippen molar-refractivity contribution in [3.8, 4) is 0 Å². The molecule has 0 radical (unpaired) electrons. The van der Waals surface area contributed by atoms with Gasteiger partial charge in [0.2, 0.25) is 5.91 Å². The van der Waals surface area contributed by atoms with E-state index in [2.05, 4.69) is 5.32 Å². The van der Waals surface area contributed by atoms with Crippen molar-refractivity contribution < 1.29 is 13.2 Å². The smallest absolute Gasteiger partial charge is 0.240 e. The number of carbonyl (C=O) groups is 1. The van der Waals surface area contributed by atoms with Crippen LogP contribution in [0.5, 0.6) is 0 Å². The van der Waals surface area contributed by atoms with Crippen LogP contribution >= 0.6 is 0 Å². The molecule has 1 N–H and O–H groups in total. The highest BCUT2D eigenvalue weighted by Crippen LogP contribution is 2.03. The van der Waals surface area contributed by atoms with Crippen LogP contribution in [0.1, 0.15) is 13.3 Å². The third kappa shape index (κ3) is 3.26. The summed E-state index contributed by atoms with van der Waals surface area (Å²) in [6.45, 7) is 2.85. The fourth-order valence-corrected chi connectivity index (χ4v) is 2.05. The first-order valence-electron chi connectivity index (χ1n) is 4.60. The normalized spacial score (nSPS) is 23.1. The summed E-state index contributed by atoms with van der Waals surface area (Å²) in [6, 6.07) is -0.131. The number of rotatable bonds is 4. The Morgan fingerprint density at radius 2 is 2.21 bits per heavy atom. The zero-order valence-corrected chi connectivity index (χ0v) is 9.30. The van der Waals surface area contributed by atoms with E-state index in [1.165, 1.54) is 6.26 Å². The lowest BCUT2D eigenvalue weighted by molar-refractivity contribution is -0.128. The zero-order chi connectivity index (χ0) is 10.8. The molecule has 0 aliphatic carbocycles. The first-order chi connectivity index (χ1) is 6.40. The van der Waals surface area contributed by atoms with Crippen LogP contribution in [0, 0.1) is 0 Å². The van der Waals surface area contributed by atoms with Gasteiger partial charge < -0.3 is 4.90 Å². The van der Waals surface area contributed by atoms with Gasteiger partial charge in [-0.3, -0.25) is 10.1 Å². The van der Waals surface area contributed by atoms with E-state index in [0.717, 1.165) is 0 Å². The highest BCUT2D eigenvalue weighted by Gasteiger charge is 2.26. The van der Waals surface area contributed by atoms with Gasteiger partial charge in [-0.2, -0.15) is 0 Å². The largest absolute Gasteiger partial charge is 0.329 e. The van der Waals surface area contributed by atoms with Gasteiger partial charge in [-0.05, 0) is 13.3 Å². The molecule has 6 heteroatoms. The first-order valence-corrected chi connectivity index (χ1v) is 6.66. The van der Waals surface area contributed by atoms with Gasteiger partial charge >= 0.3 is 0 Å². The molecule has 1 heterocycles. The Kier molecular flexibility index (Phi) is 3.49. The van der Waals surface area contributed by atoms with Crippen molar-refractivity contribution in [2.75, 3.05) is 25.2 Å². The highest BCUT2D eigenvalue weighted by atomic mass is 32.2. The molecule has 1 aliphatic heterocycles. The molecule has 5 nitrogen and oxygen atoms in total.